The number of nitrogens with one attached hydrogen (secondary N) is 1. The first kappa shape index (κ1) is 14.2. The predicted molar refractivity (Wildman–Crippen MR) is 86.2 cm³/mol. The minimum atomic E-state index is 0.305. The van der Waals surface area contributed by atoms with Crippen LogP contribution in [0.4, 0.5) is 0 Å². The van der Waals surface area contributed by atoms with Crippen molar-refractivity contribution in [2.75, 3.05) is 6.54 Å². The molecule has 1 fully saturated rings. The maximum absolute atomic E-state index is 12.5. The van der Waals surface area contributed by atoms with Gasteiger partial charge in [-0.3, -0.25) is 4.79 Å². The van der Waals surface area contributed by atoms with Crippen molar-refractivity contribution >= 4 is 16.8 Å². The fourth-order valence-corrected chi connectivity index (χ4v) is 3.41. The van der Waals surface area contributed by atoms with Crippen LogP contribution in [-0.2, 0) is 11.2 Å². The molecule has 1 saturated heterocycles. The first-order chi connectivity index (χ1) is 10.2. The molecule has 1 aromatic carbocycles. The number of nitrogens with zero attached hydrogens (tertiary/aromatic N) is 1. The molecule has 2 heterocycles. The molecular weight excluding hydrogens is 260 g/mol. The number of benzene rings is 1. The zero-order valence-electron chi connectivity index (χ0n) is 12.9. The van der Waals surface area contributed by atoms with E-state index in [-0.39, 0.29) is 0 Å². The Balaban J connectivity index is 1.66. The van der Waals surface area contributed by atoms with Crippen LogP contribution in [0.3, 0.4) is 0 Å². The molecular formula is C18H24N2O. The van der Waals surface area contributed by atoms with Crippen LogP contribution in [-0.4, -0.2) is 28.4 Å². The second-order valence-electron chi connectivity index (χ2n) is 6.31. The molecule has 1 aromatic heterocycles. The molecule has 3 rings (SSSR count). The van der Waals surface area contributed by atoms with Gasteiger partial charge >= 0.3 is 0 Å². The summed E-state index contributed by atoms with van der Waals surface area (Å²) in [7, 11) is 0. The molecule has 1 aliphatic heterocycles. The van der Waals surface area contributed by atoms with Gasteiger partial charge in [0.05, 0.1) is 0 Å². The Kier molecular flexibility index (Phi) is 4.00. The summed E-state index contributed by atoms with van der Waals surface area (Å²) in [5.74, 6) is 0.926. The van der Waals surface area contributed by atoms with Crippen LogP contribution < -0.4 is 0 Å². The highest BCUT2D eigenvalue weighted by Gasteiger charge is 2.27. The fraction of sp³-hybridized carbons (Fsp3) is 0.500. The quantitative estimate of drug-likeness (QED) is 0.915. The van der Waals surface area contributed by atoms with Gasteiger partial charge in [0.2, 0.25) is 5.91 Å². The molecule has 0 spiro atoms. The Morgan fingerprint density at radius 3 is 3.00 bits per heavy atom. The molecule has 0 aliphatic carbocycles. The van der Waals surface area contributed by atoms with Crippen molar-refractivity contribution in [2.24, 2.45) is 5.92 Å². The van der Waals surface area contributed by atoms with Crippen molar-refractivity contribution in [1.29, 1.82) is 0 Å². The minimum Gasteiger partial charge on any atom is -0.361 e. The number of H-pyrrole nitrogens is 1. The highest BCUT2D eigenvalue weighted by atomic mass is 16.2. The number of carbonyl (C=O) groups excluding carboxylic acids is 1. The fourth-order valence-electron chi connectivity index (χ4n) is 3.41. The van der Waals surface area contributed by atoms with Crippen molar-refractivity contribution < 1.29 is 4.79 Å². The van der Waals surface area contributed by atoms with E-state index in [1.165, 1.54) is 17.4 Å². The summed E-state index contributed by atoms with van der Waals surface area (Å²) in [6, 6.07) is 8.67. The Hall–Kier alpha value is -1.77. The first-order valence-corrected chi connectivity index (χ1v) is 8.01. The van der Waals surface area contributed by atoms with Crippen molar-refractivity contribution in [3.8, 4) is 0 Å². The standard InChI is InChI=1S/C18H24N2O/c1-13-6-5-11-20(14(13)2)18(21)10-9-15-12-19-17-8-4-3-7-16(15)17/h3-4,7-8,12-14,19H,5-6,9-11H2,1-2H3. The monoisotopic (exact) mass is 284 g/mol. The largest absolute Gasteiger partial charge is 0.361 e. The van der Waals surface area contributed by atoms with Crippen molar-refractivity contribution in [1.82, 2.24) is 9.88 Å². The van der Waals surface area contributed by atoms with Gasteiger partial charge in [0.1, 0.15) is 0 Å². The van der Waals surface area contributed by atoms with E-state index >= 15 is 0 Å². The number of aromatic nitrogens is 1. The van der Waals surface area contributed by atoms with Gasteiger partial charge in [-0.2, -0.15) is 0 Å². The first-order valence-electron chi connectivity index (χ1n) is 8.01. The minimum absolute atomic E-state index is 0.305. The van der Waals surface area contributed by atoms with E-state index in [2.05, 4.69) is 41.9 Å². The third-order valence-electron chi connectivity index (χ3n) is 4.98. The summed E-state index contributed by atoms with van der Waals surface area (Å²) in [4.78, 5) is 17.9. The molecule has 1 amide bonds. The van der Waals surface area contributed by atoms with E-state index in [1.54, 1.807) is 0 Å². The Morgan fingerprint density at radius 2 is 2.14 bits per heavy atom. The molecule has 0 radical (unpaired) electrons. The number of carbonyl (C=O) groups is 1. The van der Waals surface area contributed by atoms with Gasteiger partial charge in [0, 0.05) is 36.1 Å². The normalized spacial score (nSPS) is 22.7. The van der Waals surface area contributed by atoms with Gasteiger partial charge in [-0.15, -0.1) is 0 Å². The smallest absolute Gasteiger partial charge is 0.223 e. The number of piperidine rings is 1. The number of amides is 1. The zero-order valence-corrected chi connectivity index (χ0v) is 12.9. The summed E-state index contributed by atoms with van der Waals surface area (Å²) in [5.41, 5.74) is 2.40. The van der Waals surface area contributed by atoms with Crippen LogP contribution in [0.15, 0.2) is 30.5 Å². The molecule has 3 nitrogen and oxygen atoms in total. The topological polar surface area (TPSA) is 36.1 Å². The zero-order chi connectivity index (χ0) is 14.8. The Morgan fingerprint density at radius 1 is 1.33 bits per heavy atom. The number of rotatable bonds is 3. The predicted octanol–water partition coefficient (Wildman–Crippen LogP) is 3.75. The molecule has 2 aromatic rings. The molecule has 1 aliphatic rings. The number of hydrogen-bond acceptors (Lipinski definition) is 1. The second kappa shape index (κ2) is 5.92. The van der Waals surface area contributed by atoms with E-state index in [0.717, 1.165) is 24.9 Å². The number of aromatic amines is 1. The van der Waals surface area contributed by atoms with E-state index in [4.69, 9.17) is 0 Å². The van der Waals surface area contributed by atoms with Crippen LogP contribution in [0.25, 0.3) is 10.9 Å². The van der Waals surface area contributed by atoms with Gasteiger partial charge in [-0.05, 0) is 43.7 Å². The maximum atomic E-state index is 12.5. The SMILES string of the molecule is CC1CCCN(C(=O)CCc2c[nH]c3ccccc23)C1C. The number of hydrogen-bond donors (Lipinski definition) is 1. The van der Waals surface area contributed by atoms with Gasteiger partial charge in [-0.25, -0.2) is 0 Å². The average molecular weight is 284 g/mol. The summed E-state index contributed by atoms with van der Waals surface area (Å²) in [5, 5.41) is 1.24. The molecule has 1 N–H and O–H groups in total. The third-order valence-corrected chi connectivity index (χ3v) is 4.98. The van der Waals surface area contributed by atoms with Crippen LogP contribution >= 0.6 is 0 Å². The molecule has 0 saturated carbocycles. The van der Waals surface area contributed by atoms with Crippen LogP contribution in [0, 0.1) is 5.92 Å². The van der Waals surface area contributed by atoms with Gasteiger partial charge < -0.3 is 9.88 Å². The van der Waals surface area contributed by atoms with Crippen LogP contribution in [0.1, 0.15) is 38.7 Å². The number of para-hydroxylation sites is 1. The van der Waals surface area contributed by atoms with Crippen molar-refractivity contribution in [3.05, 3.63) is 36.0 Å². The summed E-state index contributed by atoms with van der Waals surface area (Å²) in [6.45, 7) is 5.37. The summed E-state index contributed by atoms with van der Waals surface area (Å²) in [6.07, 6.45) is 5.86. The molecule has 112 valence electrons. The lowest BCUT2D eigenvalue weighted by Gasteiger charge is -2.38. The number of fused-ring (bicyclic) bond motifs is 1. The van der Waals surface area contributed by atoms with Crippen LogP contribution in [0.5, 0.6) is 0 Å². The summed E-state index contributed by atoms with van der Waals surface area (Å²) < 4.78 is 0. The van der Waals surface area contributed by atoms with Gasteiger partial charge in [0.25, 0.3) is 0 Å². The lowest BCUT2D eigenvalue weighted by atomic mass is 9.91. The lowest BCUT2D eigenvalue weighted by Crippen LogP contribution is -2.46. The van der Waals surface area contributed by atoms with E-state index in [0.29, 0.717) is 24.3 Å². The molecule has 2 unspecified atom stereocenters. The molecule has 0 bridgehead atoms. The average Bonchev–Trinajstić information content (AvgIpc) is 2.91. The van der Waals surface area contributed by atoms with Crippen LogP contribution in [0.2, 0.25) is 0 Å². The number of aryl methyl sites for hydroxylation is 1. The highest BCUT2D eigenvalue weighted by molar-refractivity contribution is 5.84. The summed E-state index contributed by atoms with van der Waals surface area (Å²) >= 11 is 0. The van der Waals surface area contributed by atoms with E-state index in [9.17, 15) is 4.79 Å². The molecule has 21 heavy (non-hydrogen) atoms. The lowest BCUT2D eigenvalue weighted by molar-refractivity contribution is -0.135. The maximum Gasteiger partial charge on any atom is 0.223 e. The third kappa shape index (κ3) is 2.82. The highest BCUT2D eigenvalue weighted by Crippen LogP contribution is 2.24. The van der Waals surface area contributed by atoms with Gasteiger partial charge in [-0.1, -0.05) is 25.1 Å². The Bertz CT molecular complexity index is 631. The molecule has 2 atom stereocenters. The molecule has 3 heteroatoms. The Labute approximate surface area is 126 Å². The second-order valence-corrected chi connectivity index (χ2v) is 6.31. The number of likely N-dealkylation sites (tertiary alicyclic amines) is 1. The van der Waals surface area contributed by atoms with E-state index < -0.39 is 0 Å². The van der Waals surface area contributed by atoms with Crippen molar-refractivity contribution in [3.63, 3.8) is 0 Å². The van der Waals surface area contributed by atoms with Gasteiger partial charge in [0.15, 0.2) is 0 Å². The van der Waals surface area contributed by atoms with E-state index in [1.807, 2.05) is 12.3 Å². The van der Waals surface area contributed by atoms with Crippen molar-refractivity contribution in [2.45, 2.75) is 45.6 Å².